The van der Waals surface area contributed by atoms with Crippen LogP contribution in [0.2, 0.25) is 0 Å². The van der Waals surface area contributed by atoms with Gasteiger partial charge in [0.1, 0.15) is 6.61 Å². The lowest BCUT2D eigenvalue weighted by Gasteiger charge is -2.16. The number of benzene rings is 1. The Morgan fingerprint density at radius 2 is 2.00 bits per heavy atom. The van der Waals surface area contributed by atoms with Gasteiger partial charge in [-0.3, -0.25) is 4.90 Å². The molecule has 1 aromatic rings. The summed E-state index contributed by atoms with van der Waals surface area (Å²) in [6.07, 6.45) is 1.09. The van der Waals surface area contributed by atoms with Crippen molar-refractivity contribution in [1.82, 2.24) is 4.90 Å². The van der Waals surface area contributed by atoms with Gasteiger partial charge in [-0.1, -0.05) is 12.1 Å². The molecule has 1 heterocycles. The van der Waals surface area contributed by atoms with Crippen molar-refractivity contribution in [3.05, 3.63) is 24.3 Å². The molecule has 2 rings (SSSR count). The fourth-order valence-electron chi connectivity index (χ4n) is 2.19. The summed E-state index contributed by atoms with van der Waals surface area (Å²) in [5, 5.41) is 0. The molecule has 0 amide bonds. The van der Waals surface area contributed by atoms with E-state index >= 15 is 0 Å². The lowest BCUT2D eigenvalue weighted by molar-refractivity contribution is 0.225. The molecule has 1 saturated heterocycles. The molecule has 1 atom stereocenters. The number of hydrogen-bond acceptors (Lipinski definition) is 4. The van der Waals surface area contributed by atoms with Crippen LogP contribution in [0.5, 0.6) is 11.5 Å². The summed E-state index contributed by atoms with van der Waals surface area (Å²) < 4.78 is 11.3. The van der Waals surface area contributed by atoms with Gasteiger partial charge >= 0.3 is 0 Å². The fraction of sp³-hybridized carbons (Fsp3) is 0.571. The maximum absolute atomic E-state index is 5.87. The van der Waals surface area contributed by atoms with Gasteiger partial charge in [0.15, 0.2) is 11.5 Å². The van der Waals surface area contributed by atoms with Crippen molar-refractivity contribution < 1.29 is 9.47 Å². The predicted molar refractivity (Wildman–Crippen MR) is 72.1 cm³/mol. The molecule has 0 aliphatic carbocycles. The Kier molecular flexibility index (Phi) is 4.84. The Morgan fingerprint density at radius 3 is 2.61 bits per heavy atom. The van der Waals surface area contributed by atoms with Gasteiger partial charge in [0.2, 0.25) is 0 Å². The molecule has 0 saturated carbocycles. The van der Waals surface area contributed by atoms with Crippen LogP contribution in [-0.2, 0) is 0 Å². The average molecular weight is 250 g/mol. The molecule has 1 aromatic carbocycles. The van der Waals surface area contributed by atoms with Gasteiger partial charge in [-0.2, -0.15) is 0 Å². The van der Waals surface area contributed by atoms with Crippen molar-refractivity contribution in [2.75, 3.05) is 32.8 Å². The van der Waals surface area contributed by atoms with Crippen LogP contribution in [0.3, 0.4) is 0 Å². The smallest absolute Gasteiger partial charge is 0.161 e. The SMILES string of the molecule is CCOc1ccccc1OCCN1CC[C@@H](N)C1. The van der Waals surface area contributed by atoms with Gasteiger partial charge in [0.25, 0.3) is 0 Å². The first-order valence-electron chi connectivity index (χ1n) is 6.62. The number of nitrogens with zero attached hydrogens (tertiary/aromatic N) is 1. The van der Waals surface area contributed by atoms with E-state index in [1.807, 2.05) is 31.2 Å². The van der Waals surface area contributed by atoms with Crippen LogP contribution < -0.4 is 15.2 Å². The number of likely N-dealkylation sites (tertiary alicyclic amines) is 1. The van der Waals surface area contributed by atoms with Crippen molar-refractivity contribution in [3.63, 3.8) is 0 Å². The molecule has 0 aromatic heterocycles. The Labute approximate surface area is 109 Å². The molecule has 1 aliphatic rings. The van der Waals surface area contributed by atoms with E-state index < -0.39 is 0 Å². The van der Waals surface area contributed by atoms with E-state index in [4.69, 9.17) is 15.2 Å². The molecular weight excluding hydrogens is 228 g/mol. The highest BCUT2D eigenvalue weighted by Crippen LogP contribution is 2.26. The molecule has 0 unspecified atom stereocenters. The molecule has 1 fully saturated rings. The normalized spacial score (nSPS) is 20.0. The summed E-state index contributed by atoms with van der Waals surface area (Å²) in [5.74, 6) is 1.64. The van der Waals surface area contributed by atoms with E-state index in [9.17, 15) is 0 Å². The molecule has 4 nitrogen and oxygen atoms in total. The Balaban J connectivity index is 1.79. The highest BCUT2D eigenvalue weighted by molar-refractivity contribution is 5.39. The zero-order valence-electron chi connectivity index (χ0n) is 11.0. The zero-order valence-corrected chi connectivity index (χ0v) is 11.0. The molecule has 4 heteroatoms. The maximum atomic E-state index is 5.87. The largest absolute Gasteiger partial charge is 0.490 e. The Bertz CT molecular complexity index is 371. The van der Waals surface area contributed by atoms with Gasteiger partial charge in [-0.15, -0.1) is 0 Å². The second-order valence-corrected chi connectivity index (χ2v) is 4.58. The van der Waals surface area contributed by atoms with Crippen LogP contribution in [0.15, 0.2) is 24.3 Å². The van der Waals surface area contributed by atoms with Crippen molar-refractivity contribution in [2.24, 2.45) is 5.73 Å². The third kappa shape index (κ3) is 3.62. The number of para-hydroxylation sites is 2. The summed E-state index contributed by atoms with van der Waals surface area (Å²) in [6, 6.07) is 8.13. The van der Waals surface area contributed by atoms with E-state index in [0.29, 0.717) is 19.3 Å². The molecule has 0 bridgehead atoms. The minimum Gasteiger partial charge on any atom is -0.490 e. The minimum atomic E-state index is 0.334. The van der Waals surface area contributed by atoms with Gasteiger partial charge < -0.3 is 15.2 Å². The second kappa shape index (κ2) is 6.61. The van der Waals surface area contributed by atoms with Crippen molar-refractivity contribution >= 4 is 0 Å². The van der Waals surface area contributed by atoms with Crippen LogP contribution in [0, 0.1) is 0 Å². The summed E-state index contributed by atoms with van der Waals surface area (Å²) in [7, 11) is 0. The molecule has 18 heavy (non-hydrogen) atoms. The fourth-order valence-corrected chi connectivity index (χ4v) is 2.19. The van der Waals surface area contributed by atoms with E-state index in [1.54, 1.807) is 0 Å². The second-order valence-electron chi connectivity index (χ2n) is 4.58. The Hall–Kier alpha value is -1.26. The number of ether oxygens (including phenoxy) is 2. The van der Waals surface area contributed by atoms with E-state index in [2.05, 4.69) is 4.90 Å². The highest BCUT2D eigenvalue weighted by atomic mass is 16.5. The van der Waals surface area contributed by atoms with Gasteiger partial charge in [-0.25, -0.2) is 0 Å². The van der Waals surface area contributed by atoms with Crippen LogP contribution in [0.1, 0.15) is 13.3 Å². The monoisotopic (exact) mass is 250 g/mol. The van der Waals surface area contributed by atoms with E-state index in [-0.39, 0.29) is 0 Å². The molecule has 1 aliphatic heterocycles. The summed E-state index contributed by atoms with van der Waals surface area (Å²) in [5.41, 5.74) is 5.87. The standard InChI is InChI=1S/C14H22N2O2/c1-2-17-13-5-3-4-6-14(13)18-10-9-16-8-7-12(15)11-16/h3-6,12H,2,7-11,15H2,1H3/t12-/m1/s1. The number of hydrogen-bond donors (Lipinski definition) is 1. The van der Waals surface area contributed by atoms with E-state index in [1.165, 1.54) is 0 Å². The zero-order chi connectivity index (χ0) is 12.8. The van der Waals surface area contributed by atoms with Crippen molar-refractivity contribution in [3.8, 4) is 11.5 Å². The first-order valence-corrected chi connectivity index (χ1v) is 6.62. The third-order valence-electron chi connectivity index (χ3n) is 3.12. The molecular formula is C14H22N2O2. The minimum absolute atomic E-state index is 0.334. The van der Waals surface area contributed by atoms with E-state index in [0.717, 1.165) is 37.6 Å². The molecule has 0 radical (unpaired) electrons. The van der Waals surface area contributed by atoms with Crippen molar-refractivity contribution in [1.29, 1.82) is 0 Å². The average Bonchev–Trinajstić information content (AvgIpc) is 2.78. The lowest BCUT2D eigenvalue weighted by atomic mass is 10.3. The van der Waals surface area contributed by atoms with Crippen LogP contribution in [0.25, 0.3) is 0 Å². The summed E-state index contributed by atoms with van der Waals surface area (Å²) >= 11 is 0. The van der Waals surface area contributed by atoms with Crippen LogP contribution >= 0.6 is 0 Å². The molecule has 100 valence electrons. The molecule has 0 spiro atoms. The van der Waals surface area contributed by atoms with Gasteiger partial charge in [0, 0.05) is 19.1 Å². The van der Waals surface area contributed by atoms with Gasteiger partial charge in [-0.05, 0) is 32.0 Å². The summed E-state index contributed by atoms with van der Waals surface area (Å²) in [6.45, 7) is 6.29. The lowest BCUT2D eigenvalue weighted by Crippen LogP contribution is -2.29. The maximum Gasteiger partial charge on any atom is 0.161 e. The highest BCUT2D eigenvalue weighted by Gasteiger charge is 2.18. The first-order chi connectivity index (χ1) is 8.79. The summed E-state index contributed by atoms with van der Waals surface area (Å²) in [4.78, 5) is 2.34. The van der Waals surface area contributed by atoms with Gasteiger partial charge in [0.05, 0.1) is 6.61 Å². The predicted octanol–water partition coefficient (Wildman–Crippen LogP) is 1.50. The topological polar surface area (TPSA) is 47.7 Å². The number of nitrogens with two attached hydrogens (primary N) is 1. The first kappa shape index (κ1) is 13.2. The van der Waals surface area contributed by atoms with Crippen LogP contribution in [0.4, 0.5) is 0 Å². The quantitative estimate of drug-likeness (QED) is 0.831. The van der Waals surface area contributed by atoms with Crippen molar-refractivity contribution in [2.45, 2.75) is 19.4 Å². The molecule has 2 N–H and O–H groups in total. The number of rotatable bonds is 6. The van der Waals surface area contributed by atoms with Crippen LogP contribution in [-0.4, -0.2) is 43.8 Å². The third-order valence-corrected chi connectivity index (χ3v) is 3.12. The Morgan fingerprint density at radius 1 is 1.28 bits per heavy atom.